The molecule has 2 bridgehead atoms. The van der Waals surface area contributed by atoms with Crippen molar-refractivity contribution in [3.63, 3.8) is 0 Å². The number of thiophene rings is 1. The van der Waals surface area contributed by atoms with Crippen molar-refractivity contribution < 1.29 is 27.5 Å². The van der Waals surface area contributed by atoms with Crippen LogP contribution in [0.5, 0.6) is 5.75 Å². The monoisotopic (exact) mass is 532 g/mol. The molecule has 3 aliphatic heterocycles. The molecule has 3 aromatic rings. The fourth-order valence-electron chi connectivity index (χ4n) is 4.98. The van der Waals surface area contributed by atoms with Gasteiger partial charge in [0.1, 0.15) is 5.75 Å². The van der Waals surface area contributed by atoms with Gasteiger partial charge in [0.25, 0.3) is 5.91 Å². The van der Waals surface area contributed by atoms with Gasteiger partial charge in [0, 0.05) is 34.7 Å². The largest absolute Gasteiger partial charge is 0.573 e. The Morgan fingerprint density at radius 2 is 1.68 bits per heavy atom. The Bertz CT molecular complexity index is 1290. The Balaban J connectivity index is 1.20. The highest BCUT2D eigenvalue weighted by Crippen LogP contribution is 2.30. The maximum atomic E-state index is 13.0. The summed E-state index contributed by atoms with van der Waals surface area (Å²) in [7, 11) is 0. The Hall–Kier alpha value is -3.31. The highest BCUT2D eigenvalue weighted by molar-refractivity contribution is 7.20. The van der Waals surface area contributed by atoms with Crippen LogP contribution in [-0.4, -0.2) is 48.9 Å². The number of carbonyl (C=O) groups is 2. The van der Waals surface area contributed by atoms with E-state index in [0.29, 0.717) is 16.5 Å². The number of benzene rings is 2. The lowest BCUT2D eigenvalue weighted by Gasteiger charge is -2.38. The van der Waals surface area contributed by atoms with Gasteiger partial charge < -0.3 is 25.6 Å². The highest BCUT2D eigenvalue weighted by atomic mass is 32.1. The van der Waals surface area contributed by atoms with Crippen molar-refractivity contribution >= 4 is 44.7 Å². The molecular formula is C26H27F3N4O3S. The molecule has 4 heterocycles. The zero-order valence-electron chi connectivity index (χ0n) is 19.9. The normalized spacial score (nSPS) is 21.6. The molecule has 0 saturated carbocycles. The number of hydrogen-bond acceptors (Lipinski definition) is 5. The fourth-order valence-corrected chi connectivity index (χ4v) is 5.98. The Morgan fingerprint density at radius 3 is 2.43 bits per heavy atom. The summed E-state index contributed by atoms with van der Waals surface area (Å²) < 4.78 is 42.0. The lowest BCUT2D eigenvalue weighted by Crippen LogP contribution is -2.45. The smallest absolute Gasteiger partial charge is 0.406 e. The van der Waals surface area contributed by atoms with E-state index < -0.39 is 18.1 Å². The second-order valence-electron chi connectivity index (χ2n) is 9.50. The molecule has 37 heavy (non-hydrogen) atoms. The van der Waals surface area contributed by atoms with E-state index in [4.69, 9.17) is 0 Å². The predicted molar refractivity (Wildman–Crippen MR) is 137 cm³/mol. The average molecular weight is 533 g/mol. The number of carbonyl (C=O) groups excluding carboxylic acids is 2. The van der Waals surface area contributed by atoms with Gasteiger partial charge in [0.2, 0.25) is 0 Å². The minimum Gasteiger partial charge on any atom is -0.406 e. The Kier molecular flexibility index (Phi) is 7.25. The average Bonchev–Trinajstić information content (AvgIpc) is 3.24. The van der Waals surface area contributed by atoms with Crippen molar-refractivity contribution in [2.45, 2.75) is 38.1 Å². The van der Waals surface area contributed by atoms with E-state index in [0.717, 1.165) is 54.7 Å². The molecule has 3 N–H and O–H groups in total. The lowest BCUT2D eigenvalue weighted by atomic mass is 9.86. The second-order valence-corrected chi connectivity index (χ2v) is 10.6. The number of halogens is 3. The van der Waals surface area contributed by atoms with Crippen LogP contribution in [0.4, 0.5) is 29.3 Å². The van der Waals surface area contributed by atoms with E-state index in [1.807, 2.05) is 12.1 Å². The summed E-state index contributed by atoms with van der Waals surface area (Å²) in [6.07, 6.45) is -0.434. The van der Waals surface area contributed by atoms with Gasteiger partial charge in [-0.2, -0.15) is 0 Å². The van der Waals surface area contributed by atoms with Crippen molar-refractivity contribution in [1.29, 1.82) is 0 Å². The second kappa shape index (κ2) is 10.6. The molecule has 1 unspecified atom stereocenters. The summed E-state index contributed by atoms with van der Waals surface area (Å²) in [6.45, 7) is 3.34. The minimum absolute atomic E-state index is 0.0779. The van der Waals surface area contributed by atoms with Crippen LogP contribution < -0.4 is 20.7 Å². The number of piperidine rings is 1. The summed E-state index contributed by atoms with van der Waals surface area (Å²) in [6, 6.07) is 11.7. The number of nitrogens with zero attached hydrogens (tertiary/aromatic N) is 1. The first-order chi connectivity index (χ1) is 17.7. The molecule has 2 aromatic carbocycles. The summed E-state index contributed by atoms with van der Waals surface area (Å²) in [5.41, 5.74) is 0.640. The molecule has 3 amide bonds. The van der Waals surface area contributed by atoms with Crippen molar-refractivity contribution in [3.05, 3.63) is 53.4 Å². The van der Waals surface area contributed by atoms with E-state index in [1.54, 1.807) is 12.1 Å². The molecule has 0 spiro atoms. The van der Waals surface area contributed by atoms with Gasteiger partial charge in [-0.3, -0.25) is 4.79 Å². The van der Waals surface area contributed by atoms with Crippen molar-refractivity contribution in [3.8, 4) is 5.75 Å². The number of rotatable bonds is 5. The van der Waals surface area contributed by atoms with Gasteiger partial charge in [-0.15, -0.1) is 24.5 Å². The maximum Gasteiger partial charge on any atom is 0.573 e. The summed E-state index contributed by atoms with van der Waals surface area (Å²) in [5, 5.41) is 9.28. The van der Waals surface area contributed by atoms with Crippen molar-refractivity contribution in [2.24, 2.45) is 5.92 Å². The number of fused-ring (bicyclic) bond motifs is 6. The third-order valence-corrected chi connectivity index (χ3v) is 7.88. The van der Waals surface area contributed by atoms with Crippen molar-refractivity contribution in [2.75, 3.05) is 30.3 Å². The lowest BCUT2D eigenvalue weighted by molar-refractivity contribution is -0.274. The molecule has 7 nitrogen and oxygen atoms in total. The number of nitrogens with one attached hydrogen (secondary N) is 3. The molecule has 1 atom stereocenters. The Morgan fingerprint density at radius 1 is 0.946 bits per heavy atom. The SMILES string of the molecule is O=C(Nc1cccc(OC(F)(F)F)c1)Nc1ccc2cc(C(=O)NC3CCN4CCC(CC4)C3)sc2c1. The van der Waals surface area contributed by atoms with Crippen LogP contribution in [0.2, 0.25) is 0 Å². The van der Waals surface area contributed by atoms with Crippen molar-refractivity contribution in [1.82, 2.24) is 10.2 Å². The molecule has 3 fully saturated rings. The van der Waals surface area contributed by atoms with E-state index in [1.165, 1.54) is 36.3 Å². The van der Waals surface area contributed by atoms with E-state index in [-0.39, 0.29) is 17.6 Å². The fraction of sp³-hybridized carbons (Fsp3) is 0.385. The number of alkyl halides is 3. The number of anilines is 2. The highest BCUT2D eigenvalue weighted by Gasteiger charge is 2.31. The van der Waals surface area contributed by atoms with Gasteiger partial charge in [0.15, 0.2) is 0 Å². The Labute approximate surface area is 216 Å². The number of urea groups is 1. The van der Waals surface area contributed by atoms with Crippen LogP contribution in [0.15, 0.2) is 48.5 Å². The quantitative estimate of drug-likeness (QED) is 0.374. The zero-order valence-corrected chi connectivity index (χ0v) is 20.8. The summed E-state index contributed by atoms with van der Waals surface area (Å²) in [5.74, 6) is 0.162. The molecular weight excluding hydrogens is 505 g/mol. The van der Waals surface area contributed by atoms with E-state index in [9.17, 15) is 22.8 Å². The number of hydrogen-bond donors (Lipinski definition) is 3. The van der Waals surface area contributed by atoms with Gasteiger partial charge in [-0.1, -0.05) is 12.1 Å². The molecule has 6 rings (SSSR count). The van der Waals surface area contributed by atoms with Gasteiger partial charge >= 0.3 is 12.4 Å². The minimum atomic E-state index is -4.82. The molecule has 3 aliphatic rings. The first kappa shape index (κ1) is 25.3. The first-order valence-electron chi connectivity index (χ1n) is 12.2. The molecule has 11 heteroatoms. The standard InChI is InChI=1S/C26H27F3N4O3S/c27-26(28,29)36-21-3-1-2-18(14-21)31-25(35)32-19-5-4-17-13-23(37-22(17)15-19)24(34)30-20-8-11-33-9-6-16(12-20)7-10-33/h1-5,13-16,20H,6-12H2,(H,30,34)(H2,31,32,35). The van der Waals surface area contributed by atoms with Crippen LogP contribution in [-0.2, 0) is 0 Å². The van der Waals surface area contributed by atoms with Crippen LogP contribution >= 0.6 is 11.3 Å². The molecule has 196 valence electrons. The summed E-state index contributed by atoms with van der Waals surface area (Å²) >= 11 is 1.35. The van der Waals surface area contributed by atoms with E-state index in [2.05, 4.69) is 25.6 Å². The number of amides is 3. The van der Waals surface area contributed by atoms with Crippen LogP contribution in [0, 0.1) is 5.92 Å². The molecule has 0 aliphatic carbocycles. The van der Waals surface area contributed by atoms with Gasteiger partial charge in [-0.25, -0.2) is 4.79 Å². The van der Waals surface area contributed by atoms with Crippen LogP contribution in [0.3, 0.4) is 0 Å². The molecule has 1 aromatic heterocycles. The molecule has 3 saturated heterocycles. The van der Waals surface area contributed by atoms with E-state index >= 15 is 0 Å². The number of ether oxygens (including phenoxy) is 1. The summed E-state index contributed by atoms with van der Waals surface area (Å²) in [4.78, 5) is 28.5. The molecule has 0 radical (unpaired) electrons. The van der Waals surface area contributed by atoms with Gasteiger partial charge in [0.05, 0.1) is 4.88 Å². The maximum absolute atomic E-state index is 13.0. The first-order valence-corrected chi connectivity index (χ1v) is 13.0. The zero-order chi connectivity index (χ0) is 26.0. The topological polar surface area (TPSA) is 82.7 Å². The third kappa shape index (κ3) is 6.72. The van der Waals surface area contributed by atoms with Gasteiger partial charge in [-0.05, 0) is 80.4 Å². The van der Waals surface area contributed by atoms with Crippen LogP contribution in [0.1, 0.15) is 35.4 Å². The van der Waals surface area contributed by atoms with Crippen LogP contribution in [0.25, 0.3) is 10.1 Å². The predicted octanol–water partition coefficient (Wildman–Crippen LogP) is 6.05. The third-order valence-electron chi connectivity index (χ3n) is 6.78.